The molecule has 2 rings (SSSR count). The van der Waals surface area contributed by atoms with Crippen molar-refractivity contribution in [1.82, 2.24) is 4.90 Å². The van der Waals surface area contributed by atoms with E-state index in [0.717, 1.165) is 0 Å². The van der Waals surface area contributed by atoms with Crippen molar-refractivity contribution in [3.05, 3.63) is 29.8 Å². The van der Waals surface area contributed by atoms with Crippen LogP contribution in [0.3, 0.4) is 0 Å². The van der Waals surface area contributed by atoms with Gasteiger partial charge in [0.15, 0.2) is 0 Å². The number of carboxylic acids is 1. The van der Waals surface area contributed by atoms with Crippen molar-refractivity contribution in [3.63, 3.8) is 0 Å². The molecule has 1 fully saturated rings. The molecule has 0 aliphatic carbocycles. The number of nitrogens with zero attached hydrogens (tertiary/aromatic N) is 1. The number of piperidine rings is 1. The van der Waals surface area contributed by atoms with E-state index in [1.165, 1.54) is 4.90 Å². The van der Waals surface area contributed by atoms with Gasteiger partial charge in [-0.05, 0) is 17.7 Å². The Labute approximate surface area is 116 Å². The average molecular weight is 279 g/mol. The lowest BCUT2D eigenvalue weighted by atomic mass is 10.1. The third-order valence-corrected chi connectivity index (χ3v) is 3.27. The molecular formula is C14H17NO5. The highest BCUT2D eigenvalue weighted by molar-refractivity contribution is 5.70. The van der Waals surface area contributed by atoms with Crippen LogP contribution >= 0.6 is 0 Å². The average Bonchev–Trinajstić information content (AvgIpc) is 2.39. The van der Waals surface area contributed by atoms with Gasteiger partial charge in [-0.15, -0.1) is 0 Å². The van der Waals surface area contributed by atoms with Gasteiger partial charge in [0.1, 0.15) is 11.9 Å². The Balaban J connectivity index is 1.91. The summed E-state index contributed by atoms with van der Waals surface area (Å²) in [7, 11) is 0. The Kier molecular flexibility index (Phi) is 4.45. The molecule has 6 nitrogen and oxygen atoms in total. The molecule has 1 heterocycles. The summed E-state index contributed by atoms with van der Waals surface area (Å²) in [5.41, 5.74) is 0.693. The minimum Gasteiger partial charge on any atom is -0.490 e. The number of ether oxygens (including phenoxy) is 1. The third kappa shape index (κ3) is 3.88. The second kappa shape index (κ2) is 6.27. The van der Waals surface area contributed by atoms with Gasteiger partial charge < -0.3 is 19.8 Å². The van der Waals surface area contributed by atoms with Crippen LogP contribution in [0.25, 0.3) is 0 Å². The molecule has 1 aliphatic heterocycles. The molecule has 0 unspecified atom stereocenters. The molecule has 2 N–H and O–H groups in total. The molecule has 108 valence electrons. The number of benzene rings is 1. The minimum absolute atomic E-state index is 0.0225. The lowest BCUT2D eigenvalue weighted by Gasteiger charge is -2.30. The SMILES string of the molecule is O=C(O)Cc1cccc(OC2CCN(C(=O)O)CC2)c1. The van der Waals surface area contributed by atoms with Gasteiger partial charge in [0, 0.05) is 25.9 Å². The Hall–Kier alpha value is -2.24. The predicted molar refractivity (Wildman–Crippen MR) is 71.0 cm³/mol. The van der Waals surface area contributed by atoms with Gasteiger partial charge in [-0.2, -0.15) is 0 Å². The van der Waals surface area contributed by atoms with E-state index < -0.39 is 12.1 Å². The van der Waals surface area contributed by atoms with E-state index in [1.54, 1.807) is 24.3 Å². The van der Waals surface area contributed by atoms with Gasteiger partial charge in [0.2, 0.25) is 0 Å². The first-order valence-electron chi connectivity index (χ1n) is 6.50. The molecule has 1 aromatic rings. The lowest BCUT2D eigenvalue weighted by Crippen LogP contribution is -2.41. The number of amides is 1. The molecule has 6 heteroatoms. The maximum Gasteiger partial charge on any atom is 0.407 e. The summed E-state index contributed by atoms with van der Waals surface area (Å²) in [5.74, 6) is -0.241. The molecule has 1 amide bonds. The van der Waals surface area contributed by atoms with Crippen LogP contribution in [-0.2, 0) is 11.2 Å². The van der Waals surface area contributed by atoms with Gasteiger partial charge in [-0.3, -0.25) is 4.79 Å². The largest absolute Gasteiger partial charge is 0.490 e. The number of carbonyl (C=O) groups is 2. The number of likely N-dealkylation sites (tertiary alicyclic amines) is 1. The van der Waals surface area contributed by atoms with Gasteiger partial charge in [0.05, 0.1) is 6.42 Å². The maximum absolute atomic E-state index is 10.8. The molecule has 0 atom stereocenters. The fourth-order valence-electron chi connectivity index (χ4n) is 2.26. The van der Waals surface area contributed by atoms with Crippen LogP contribution in [0.15, 0.2) is 24.3 Å². The summed E-state index contributed by atoms with van der Waals surface area (Å²) in [6.07, 6.45) is 0.345. The zero-order valence-corrected chi connectivity index (χ0v) is 11.0. The second-order valence-electron chi connectivity index (χ2n) is 4.80. The Morgan fingerprint density at radius 2 is 1.95 bits per heavy atom. The second-order valence-corrected chi connectivity index (χ2v) is 4.80. The molecule has 0 aromatic heterocycles. The van der Waals surface area contributed by atoms with Crippen molar-refractivity contribution in [2.75, 3.05) is 13.1 Å². The van der Waals surface area contributed by atoms with Crippen LogP contribution in [0, 0.1) is 0 Å². The van der Waals surface area contributed by atoms with E-state index >= 15 is 0 Å². The Morgan fingerprint density at radius 3 is 2.55 bits per heavy atom. The Bertz CT molecular complexity index is 494. The fourth-order valence-corrected chi connectivity index (χ4v) is 2.26. The van der Waals surface area contributed by atoms with Crippen LogP contribution in [0.5, 0.6) is 5.75 Å². The Morgan fingerprint density at radius 1 is 1.25 bits per heavy atom. The van der Waals surface area contributed by atoms with Crippen LogP contribution in [-0.4, -0.2) is 46.4 Å². The lowest BCUT2D eigenvalue weighted by molar-refractivity contribution is -0.136. The zero-order valence-electron chi connectivity index (χ0n) is 11.0. The number of hydrogen-bond acceptors (Lipinski definition) is 3. The molecule has 1 aliphatic rings. The monoisotopic (exact) mass is 279 g/mol. The van der Waals surface area contributed by atoms with Crippen molar-refractivity contribution in [2.45, 2.75) is 25.4 Å². The standard InChI is InChI=1S/C14H17NO5/c16-13(17)9-10-2-1-3-12(8-10)20-11-4-6-15(7-5-11)14(18)19/h1-3,8,11H,4-7,9H2,(H,16,17)(H,18,19). The highest BCUT2D eigenvalue weighted by Gasteiger charge is 2.23. The van der Waals surface area contributed by atoms with Crippen LogP contribution in [0.2, 0.25) is 0 Å². The maximum atomic E-state index is 10.8. The highest BCUT2D eigenvalue weighted by Crippen LogP contribution is 2.20. The summed E-state index contributed by atoms with van der Waals surface area (Å²) in [4.78, 5) is 22.8. The smallest absolute Gasteiger partial charge is 0.407 e. The first kappa shape index (κ1) is 14.2. The van der Waals surface area contributed by atoms with Crippen LogP contribution in [0.1, 0.15) is 18.4 Å². The summed E-state index contributed by atoms with van der Waals surface area (Å²) in [6, 6.07) is 7.01. The normalized spacial score (nSPS) is 15.9. The van der Waals surface area contributed by atoms with Crippen molar-refractivity contribution in [1.29, 1.82) is 0 Å². The topological polar surface area (TPSA) is 87.1 Å². The highest BCUT2D eigenvalue weighted by atomic mass is 16.5. The van der Waals surface area contributed by atoms with E-state index in [1.807, 2.05) is 0 Å². The van der Waals surface area contributed by atoms with Gasteiger partial charge >= 0.3 is 12.1 Å². The molecule has 20 heavy (non-hydrogen) atoms. The molecule has 0 spiro atoms. The molecule has 0 bridgehead atoms. The van der Waals surface area contributed by atoms with E-state index in [-0.39, 0.29) is 12.5 Å². The van der Waals surface area contributed by atoms with E-state index in [9.17, 15) is 9.59 Å². The van der Waals surface area contributed by atoms with Gasteiger partial charge in [0.25, 0.3) is 0 Å². The fraction of sp³-hybridized carbons (Fsp3) is 0.429. The van der Waals surface area contributed by atoms with Crippen LogP contribution in [0.4, 0.5) is 4.79 Å². The minimum atomic E-state index is -0.896. The van der Waals surface area contributed by atoms with Crippen molar-refractivity contribution in [3.8, 4) is 5.75 Å². The molecule has 1 saturated heterocycles. The number of hydrogen-bond donors (Lipinski definition) is 2. The molecule has 1 aromatic carbocycles. The zero-order chi connectivity index (χ0) is 14.5. The van der Waals surface area contributed by atoms with Gasteiger partial charge in [-0.1, -0.05) is 12.1 Å². The predicted octanol–water partition coefficient (Wildman–Crippen LogP) is 1.83. The molecular weight excluding hydrogens is 262 g/mol. The van der Waals surface area contributed by atoms with E-state index in [2.05, 4.69) is 0 Å². The quantitative estimate of drug-likeness (QED) is 0.878. The third-order valence-electron chi connectivity index (χ3n) is 3.27. The summed E-state index contributed by atoms with van der Waals surface area (Å²) >= 11 is 0. The van der Waals surface area contributed by atoms with Crippen LogP contribution < -0.4 is 4.74 Å². The molecule has 0 radical (unpaired) electrons. The van der Waals surface area contributed by atoms with E-state index in [4.69, 9.17) is 14.9 Å². The van der Waals surface area contributed by atoms with Crippen molar-refractivity contribution >= 4 is 12.1 Å². The summed E-state index contributed by atoms with van der Waals surface area (Å²) in [5, 5.41) is 17.6. The van der Waals surface area contributed by atoms with Crippen molar-refractivity contribution in [2.24, 2.45) is 0 Å². The number of aliphatic carboxylic acids is 1. The van der Waals surface area contributed by atoms with Gasteiger partial charge in [-0.25, -0.2) is 4.79 Å². The number of rotatable bonds is 4. The van der Waals surface area contributed by atoms with E-state index in [0.29, 0.717) is 37.2 Å². The number of carboxylic acid groups (broad SMARTS) is 2. The van der Waals surface area contributed by atoms with Crippen molar-refractivity contribution < 1.29 is 24.5 Å². The first-order chi connectivity index (χ1) is 9.54. The first-order valence-corrected chi connectivity index (χ1v) is 6.50. The molecule has 0 saturated carbocycles. The summed E-state index contributed by atoms with van der Waals surface area (Å²) in [6.45, 7) is 0.934. The summed E-state index contributed by atoms with van der Waals surface area (Å²) < 4.78 is 5.79.